The number of hydrogen-bond donors (Lipinski definition) is 1. The van der Waals surface area contributed by atoms with Gasteiger partial charge in [-0.15, -0.1) is 0 Å². The van der Waals surface area contributed by atoms with Gasteiger partial charge in [0, 0.05) is 19.5 Å². The SMILES string of the molecule is C=CC(=O)NCCCCCc1nc2ccccc2n1Cc1cc(C)ccc1C. The number of imidazole rings is 1. The predicted octanol–water partition coefficient (Wildman–Crippen LogP) is 4.72. The van der Waals surface area contributed by atoms with Crippen LogP contribution in [0.3, 0.4) is 0 Å². The summed E-state index contributed by atoms with van der Waals surface area (Å²) in [6, 6.07) is 15.0. The van der Waals surface area contributed by atoms with E-state index in [9.17, 15) is 4.79 Å². The Balaban J connectivity index is 1.71. The highest BCUT2D eigenvalue weighted by Gasteiger charge is 2.12. The summed E-state index contributed by atoms with van der Waals surface area (Å²) in [6.07, 6.45) is 5.34. The lowest BCUT2D eigenvalue weighted by Gasteiger charge is -2.12. The van der Waals surface area contributed by atoms with E-state index >= 15 is 0 Å². The van der Waals surface area contributed by atoms with Gasteiger partial charge >= 0.3 is 0 Å². The van der Waals surface area contributed by atoms with Crippen LogP contribution in [0.5, 0.6) is 0 Å². The largest absolute Gasteiger partial charge is 0.353 e. The molecule has 28 heavy (non-hydrogen) atoms. The number of aromatic nitrogens is 2. The van der Waals surface area contributed by atoms with Crippen LogP contribution in [0, 0.1) is 13.8 Å². The van der Waals surface area contributed by atoms with Crippen LogP contribution in [0.2, 0.25) is 0 Å². The van der Waals surface area contributed by atoms with Crippen molar-refractivity contribution in [2.75, 3.05) is 6.54 Å². The van der Waals surface area contributed by atoms with E-state index in [0.29, 0.717) is 6.54 Å². The van der Waals surface area contributed by atoms with Crippen molar-refractivity contribution in [1.82, 2.24) is 14.9 Å². The highest BCUT2D eigenvalue weighted by Crippen LogP contribution is 2.21. The third kappa shape index (κ3) is 4.89. The molecular weight excluding hydrogens is 346 g/mol. The van der Waals surface area contributed by atoms with Gasteiger partial charge < -0.3 is 9.88 Å². The zero-order valence-corrected chi connectivity index (χ0v) is 16.9. The standard InChI is InChI=1S/C24H29N3O/c1-4-24(28)25-15-9-5-6-12-23-26-21-10-7-8-11-22(21)27(23)17-20-16-18(2)13-14-19(20)3/h4,7-8,10-11,13-14,16H,1,5-6,9,12,15,17H2,2-3H3,(H,25,28). The van der Waals surface area contributed by atoms with Crippen LogP contribution in [0.15, 0.2) is 55.1 Å². The average Bonchev–Trinajstić information content (AvgIpc) is 3.04. The second kappa shape index (κ2) is 9.36. The third-order valence-electron chi connectivity index (χ3n) is 5.13. The summed E-state index contributed by atoms with van der Waals surface area (Å²) in [5.74, 6) is 1.03. The number of rotatable bonds is 9. The number of unbranched alkanes of at least 4 members (excludes halogenated alkanes) is 2. The fraction of sp³-hybridized carbons (Fsp3) is 0.333. The Morgan fingerprint density at radius 3 is 2.79 bits per heavy atom. The molecular formula is C24H29N3O. The Morgan fingerprint density at radius 2 is 1.96 bits per heavy atom. The van der Waals surface area contributed by atoms with Crippen molar-refractivity contribution in [1.29, 1.82) is 0 Å². The molecule has 0 aliphatic rings. The fourth-order valence-electron chi connectivity index (χ4n) is 3.50. The first-order chi connectivity index (χ1) is 13.6. The van der Waals surface area contributed by atoms with E-state index in [-0.39, 0.29) is 5.91 Å². The minimum Gasteiger partial charge on any atom is -0.353 e. The molecule has 0 saturated heterocycles. The number of fused-ring (bicyclic) bond motifs is 1. The van der Waals surface area contributed by atoms with Crippen LogP contribution in [0.1, 0.15) is 41.8 Å². The molecule has 0 saturated carbocycles. The van der Waals surface area contributed by atoms with Gasteiger partial charge in [-0.2, -0.15) is 0 Å². The van der Waals surface area contributed by atoms with Crippen molar-refractivity contribution in [3.8, 4) is 0 Å². The monoisotopic (exact) mass is 375 g/mol. The minimum atomic E-state index is -0.102. The number of para-hydroxylation sites is 2. The van der Waals surface area contributed by atoms with Gasteiger partial charge in [0.15, 0.2) is 0 Å². The first-order valence-electron chi connectivity index (χ1n) is 9.99. The van der Waals surface area contributed by atoms with E-state index in [4.69, 9.17) is 4.98 Å². The molecule has 1 N–H and O–H groups in total. The summed E-state index contributed by atoms with van der Waals surface area (Å²) in [7, 11) is 0. The second-order valence-electron chi connectivity index (χ2n) is 7.34. The Bertz CT molecular complexity index is 971. The number of carbonyl (C=O) groups is 1. The molecule has 0 unspecified atom stereocenters. The van der Waals surface area contributed by atoms with Gasteiger partial charge in [-0.1, -0.05) is 48.9 Å². The van der Waals surface area contributed by atoms with Crippen LogP contribution in [-0.2, 0) is 17.8 Å². The molecule has 2 aromatic carbocycles. The molecule has 3 rings (SSSR count). The van der Waals surface area contributed by atoms with Crippen molar-refractivity contribution in [2.24, 2.45) is 0 Å². The molecule has 0 radical (unpaired) electrons. The van der Waals surface area contributed by atoms with Crippen molar-refractivity contribution in [2.45, 2.75) is 46.1 Å². The molecule has 0 atom stereocenters. The Hall–Kier alpha value is -2.88. The first-order valence-corrected chi connectivity index (χ1v) is 9.99. The summed E-state index contributed by atoms with van der Waals surface area (Å²) >= 11 is 0. The molecule has 0 bridgehead atoms. The molecule has 4 heteroatoms. The average molecular weight is 376 g/mol. The summed E-state index contributed by atoms with van der Waals surface area (Å²) in [5, 5.41) is 2.83. The molecule has 0 spiro atoms. The second-order valence-corrected chi connectivity index (χ2v) is 7.34. The maximum Gasteiger partial charge on any atom is 0.243 e. The summed E-state index contributed by atoms with van der Waals surface area (Å²) in [5.41, 5.74) is 6.19. The Labute approximate surface area is 167 Å². The molecule has 0 aliphatic carbocycles. The minimum absolute atomic E-state index is 0.102. The van der Waals surface area contributed by atoms with Gasteiger partial charge in [-0.05, 0) is 56.0 Å². The van der Waals surface area contributed by atoms with Crippen molar-refractivity contribution in [3.05, 3.63) is 77.6 Å². The Morgan fingerprint density at radius 1 is 1.14 bits per heavy atom. The lowest BCUT2D eigenvalue weighted by atomic mass is 10.1. The maximum atomic E-state index is 11.2. The van der Waals surface area contributed by atoms with Gasteiger partial charge in [-0.25, -0.2) is 4.98 Å². The van der Waals surface area contributed by atoms with Crippen molar-refractivity contribution in [3.63, 3.8) is 0 Å². The molecule has 0 aliphatic heterocycles. The topological polar surface area (TPSA) is 46.9 Å². The number of benzene rings is 2. The number of amides is 1. The quantitative estimate of drug-likeness (QED) is 0.435. The number of hydrogen-bond acceptors (Lipinski definition) is 2. The molecule has 1 aromatic heterocycles. The predicted molar refractivity (Wildman–Crippen MR) is 116 cm³/mol. The maximum absolute atomic E-state index is 11.2. The van der Waals surface area contributed by atoms with Crippen molar-refractivity contribution < 1.29 is 4.79 Å². The van der Waals surface area contributed by atoms with E-state index in [1.807, 2.05) is 6.07 Å². The third-order valence-corrected chi connectivity index (χ3v) is 5.13. The fourth-order valence-corrected chi connectivity index (χ4v) is 3.50. The molecule has 1 heterocycles. The highest BCUT2D eigenvalue weighted by atomic mass is 16.1. The van der Waals surface area contributed by atoms with Gasteiger partial charge in [0.05, 0.1) is 11.0 Å². The lowest BCUT2D eigenvalue weighted by Crippen LogP contribution is -2.21. The summed E-state index contributed by atoms with van der Waals surface area (Å²) < 4.78 is 2.36. The van der Waals surface area contributed by atoms with Gasteiger partial charge in [0.2, 0.25) is 5.91 Å². The van der Waals surface area contributed by atoms with Crippen LogP contribution in [0.25, 0.3) is 11.0 Å². The van der Waals surface area contributed by atoms with Crippen LogP contribution in [-0.4, -0.2) is 22.0 Å². The number of nitrogens with zero attached hydrogens (tertiary/aromatic N) is 2. The molecule has 4 nitrogen and oxygen atoms in total. The number of aryl methyl sites for hydroxylation is 3. The number of carbonyl (C=O) groups excluding carboxylic acids is 1. The van der Waals surface area contributed by atoms with Crippen molar-refractivity contribution >= 4 is 16.9 Å². The summed E-state index contributed by atoms with van der Waals surface area (Å²) in [4.78, 5) is 16.1. The lowest BCUT2D eigenvalue weighted by molar-refractivity contribution is -0.116. The normalized spacial score (nSPS) is 10.9. The van der Waals surface area contributed by atoms with E-state index in [0.717, 1.165) is 43.6 Å². The van der Waals surface area contributed by atoms with E-state index < -0.39 is 0 Å². The molecule has 3 aromatic rings. The van der Waals surface area contributed by atoms with Gasteiger partial charge in [0.1, 0.15) is 5.82 Å². The zero-order valence-electron chi connectivity index (χ0n) is 16.9. The molecule has 0 fully saturated rings. The van der Waals surface area contributed by atoms with Gasteiger partial charge in [0.25, 0.3) is 0 Å². The van der Waals surface area contributed by atoms with E-state index in [1.54, 1.807) is 0 Å². The smallest absolute Gasteiger partial charge is 0.243 e. The van der Waals surface area contributed by atoms with E-state index in [2.05, 4.69) is 66.7 Å². The van der Waals surface area contributed by atoms with Crippen LogP contribution < -0.4 is 5.32 Å². The first kappa shape index (κ1) is 19.9. The van der Waals surface area contributed by atoms with Crippen LogP contribution in [0.4, 0.5) is 0 Å². The summed E-state index contributed by atoms with van der Waals surface area (Å²) in [6.45, 7) is 9.32. The van der Waals surface area contributed by atoms with E-state index in [1.165, 1.54) is 28.3 Å². The molecule has 146 valence electrons. The van der Waals surface area contributed by atoms with Crippen LogP contribution >= 0.6 is 0 Å². The Kier molecular flexibility index (Phi) is 6.64. The number of nitrogens with one attached hydrogen (secondary N) is 1. The highest BCUT2D eigenvalue weighted by molar-refractivity contribution is 5.86. The van der Waals surface area contributed by atoms with Gasteiger partial charge in [-0.3, -0.25) is 4.79 Å². The zero-order chi connectivity index (χ0) is 19.9. The molecule has 1 amide bonds.